The monoisotopic (exact) mass is 352 g/mol. The average Bonchev–Trinajstić information content (AvgIpc) is 2.83. The summed E-state index contributed by atoms with van der Waals surface area (Å²) in [5.41, 5.74) is 0. The van der Waals surface area contributed by atoms with E-state index in [0.29, 0.717) is 36.9 Å². The molecule has 0 spiro atoms. The van der Waals surface area contributed by atoms with Crippen molar-refractivity contribution in [3.63, 3.8) is 0 Å². The lowest BCUT2D eigenvalue weighted by Crippen LogP contribution is -2.19. The number of allylic oxidation sites excluding steroid dienone is 2. The molecule has 1 fully saturated rings. The summed E-state index contributed by atoms with van der Waals surface area (Å²) in [5.74, 6) is 0.162. The molecule has 0 aliphatic heterocycles. The van der Waals surface area contributed by atoms with Gasteiger partial charge in [-0.1, -0.05) is 64.5 Å². The maximum absolute atomic E-state index is 12.3. The van der Waals surface area contributed by atoms with Crippen molar-refractivity contribution >= 4 is 11.8 Å². The van der Waals surface area contributed by atoms with Crippen molar-refractivity contribution < 1.29 is 19.8 Å². The van der Waals surface area contributed by atoms with E-state index in [2.05, 4.69) is 26.0 Å². The van der Waals surface area contributed by atoms with Crippen molar-refractivity contribution in [2.24, 2.45) is 17.8 Å². The number of rotatable bonds is 13. The van der Waals surface area contributed by atoms with Gasteiger partial charge in [-0.15, -0.1) is 0 Å². The molecule has 1 saturated carbocycles. The van der Waals surface area contributed by atoms with Crippen LogP contribution in [-0.4, -0.2) is 28.1 Å². The van der Waals surface area contributed by atoms with E-state index in [-0.39, 0.29) is 5.92 Å². The van der Waals surface area contributed by atoms with Gasteiger partial charge in [0.2, 0.25) is 0 Å². The van der Waals surface area contributed by atoms with Crippen LogP contribution in [0.2, 0.25) is 0 Å². The second kappa shape index (κ2) is 12.2. The second-order valence-corrected chi connectivity index (χ2v) is 7.60. The zero-order chi connectivity index (χ0) is 18.7. The predicted molar refractivity (Wildman–Crippen MR) is 100 cm³/mol. The summed E-state index contributed by atoms with van der Waals surface area (Å²) in [7, 11) is 0. The highest BCUT2D eigenvalue weighted by molar-refractivity contribution is 5.84. The molecule has 0 radical (unpaired) electrons. The molecule has 0 amide bonds. The number of unbranched alkanes of at least 4 members (excludes halogenated alkanes) is 6. The van der Waals surface area contributed by atoms with E-state index >= 15 is 0 Å². The molecule has 25 heavy (non-hydrogen) atoms. The minimum Gasteiger partial charge on any atom is -0.479 e. The largest absolute Gasteiger partial charge is 0.479 e. The van der Waals surface area contributed by atoms with E-state index in [1.165, 1.54) is 25.7 Å². The highest BCUT2D eigenvalue weighted by Crippen LogP contribution is 2.38. The minimum atomic E-state index is -1.25. The van der Waals surface area contributed by atoms with Crippen molar-refractivity contribution in [3.05, 3.63) is 12.2 Å². The molecule has 4 heteroatoms. The lowest BCUT2D eigenvalue weighted by atomic mass is 9.86. The Bertz CT molecular complexity index is 430. The Hall–Kier alpha value is -1.16. The second-order valence-electron chi connectivity index (χ2n) is 7.60. The van der Waals surface area contributed by atoms with E-state index in [4.69, 9.17) is 5.11 Å². The standard InChI is InChI=1S/C21H36O4/c1-3-4-5-6-7-9-12-17-16(2)15-20(23)18(17)13-10-8-11-14-19(22)21(24)25/h9,12,16-19,22H,3-8,10-11,13-15H2,1-2H3,(H,24,25)/b12-9+/t16-,17-,18+,19?/m0/s1. The smallest absolute Gasteiger partial charge is 0.332 e. The Kier molecular flexibility index (Phi) is 10.7. The van der Waals surface area contributed by atoms with Gasteiger partial charge in [0, 0.05) is 12.3 Å². The Balaban J connectivity index is 2.32. The zero-order valence-corrected chi connectivity index (χ0v) is 16.0. The lowest BCUT2D eigenvalue weighted by molar-refractivity contribution is -0.147. The number of carbonyl (C=O) groups is 2. The molecule has 4 nitrogen and oxygen atoms in total. The molecule has 0 heterocycles. The summed E-state index contributed by atoms with van der Waals surface area (Å²) in [6, 6.07) is 0. The number of carboxylic acid groups (broad SMARTS) is 1. The van der Waals surface area contributed by atoms with Gasteiger partial charge in [0.25, 0.3) is 0 Å². The first-order chi connectivity index (χ1) is 12.0. The first kappa shape index (κ1) is 21.9. The molecule has 4 atom stereocenters. The third-order valence-electron chi connectivity index (χ3n) is 5.42. The summed E-state index contributed by atoms with van der Waals surface area (Å²) < 4.78 is 0. The number of Topliss-reactive ketones (excluding diaryl/α,β-unsaturated/α-hetero) is 1. The summed E-state index contributed by atoms with van der Waals surface area (Å²) in [6.07, 6.45) is 13.8. The Morgan fingerprint density at radius 3 is 2.60 bits per heavy atom. The Morgan fingerprint density at radius 1 is 1.20 bits per heavy atom. The van der Waals surface area contributed by atoms with Crippen LogP contribution in [0, 0.1) is 17.8 Å². The summed E-state index contributed by atoms with van der Waals surface area (Å²) in [4.78, 5) is 22.9. The number of aliphatic hydroxyl groups is 1. The lowest BCUT2D eigenvalue weighted by Gasteiger charge is -2.18. The molecular formula is C21H36O4. The van der Waals surface area contributed by atoms with Gasteiger partial charge in [0.15, 0.2) is 6.10 Å². The van der Waals surface area contributed by atoms with Crippen LogP contribution >= 0.6 is 0 Å². The van der Waals surface area contributed by atoms with Gasteiger partial charge in [-0.3, -0.25) is 4.79 Å². The van der Waals surface area contributed by atoms with Gasteiger partial charge in [0.1, 0.15) is 5.78 Å². The third kappa shape index (κ3) is 8.17. The Morgan fingerprint density at radius 2 is 1.92 bits per heavy atom. The molecule has 0 saturated heterocycles. The van der Waals surface area contributed by atoms with Crippen LogP contribution in [0.15, 0.2) is 12.2 Å². The van der Waals surface area contributed by atoms with Gasteiger partial charge in [0.05, 0.1) is 0 Å². The van der Waals surface area contributed by atoms with Crippen molar-refractivity contribution in [2.75, 3.05) is 0 Å². The number of carbonyl (C=O) groups excluding carboxylic acids is 1. The van der Waals surface area contributed by atoms with E-state index in [1.807, 2.05) is 0 Å². The van der Waals surface area contributed by atoms with Crippen molar-refractivity contribution in [3.8, 4) is 0 Å². The van der Waals surface area contributed by atoms with Gasteiger partial charge in [-0.2, -0.15) is 0 Å². The number of aliphatic hydroxyl groups excluding tert-OH is 1. The molecule has 0 aromatic rings. The first-order valence-corrected chi connectivity index (χ1v) is 10.1. The van der Waals surface area contributed by atoms with Gasteiger partial charge < -0.3 is 10.2 Å². The molecular weight excluding hydrogens is 316 g/mol. The van der Waals surface area contributed by atoms with Crippen molar-refractivity contribution in [1.82, 2.24) is 0 Å². The van der Waals surface area contributed by atoms with Gasteiger partial charge in [-0.05, 0) is 37.5 Å². The van der Waals surface area contributed by atoms with Crippen molar-refractivity contribution in [1.29, 1.82) is 0 Å². The van der Waals surface area contributed by atoms with Crippen molar-refractivity contribution in [2.45, 2.75) is 90.6 Å². The first-order valence-electron chi connectivity index (χ1n) is 10.1. The summed E-state index contributed by atoms with van der Waals surface area (Å²) in [5, 5.41) is 17.9. The highest BCUT2D eigenvalue weighted by atomic mass is 16.4. The van der Waals surface area contributed by atoms with E-state index < -0.39 is 12.1 Å². The van der Waals surface area contributed by atoms with Gasteiger partial charge in [-0.25, -0.2) is 4.79 Å². The highest BCUT2D eigenvalue weighted by Gasteiger charge is 2.37. The predicted octanol–water partition coefficient (Wildman–Crippen LogP) is 4.75. The molecule has 1 rings (SSSR count). The van der Waals surface area contributed by atoms with E-state index in [0.717, 1.165) is 25.7 Å². The fourth-order valence-corrected chi connectivity index (χ4v) is 3.84. The molecule has 0 aromatic carbocycles. The van der Waals surface area contributed by atoms with E-state index in [1.54, 1.807) is 0 Å². The molecule has 2 N–H and O–H groups in total. The number of hydrogen-bond donors (Lipinski definition) is 2. The average molecular weight is 353 g/mol. The fourth-order valence-electron chi connectivity index (χ4n) is 3.84. The summed E-state index contributed by atoms with van der Waals surface area (Å²) in [6.45, 7) is 4.39. The summed E-state index contributed by atoms with van der Waals surface area (Å²) >= 11 is 0. The van der Waals surface area contributed by atoms with Crippen LogP contribution in [0.1, 0.15) is 84.5 Å². The molecule has 1 aliphatic carbocycles. The SMILES string of the molecule is CCCCCC/C=C/[C@H]1[C@@H](C)CC(=O)[C@@H]1CCCCCC(O)C(=O)O. The number of aliphatic carboxylic acids is 1. The van der Waals surface area contributed by atoms with Crippen LogP contribution in [0.25, 0.3) is 0 Å². The van der Waals surface area contributed by atoms with E-state index in [9.17, 15) is 14.7 Å². The zero-order valence-electron chi connectivity index (χ0n) is 16.0. The topological polar surface area (TPSA) is 74.6 Å². The van der Waals surface area contributed by atoms with Crippen LogP contribution in [0.4, 0.5) is 0 Å². The Labute approximate surface area is 152 Å². The molecule has 144 valence electrons. The third-order valence-corrected chi connectivity index (χ3v) is 5.42. The number of ketones is 1. The normalized spacial score (nSPS) is 24.9. The fraction of sp³-hybridized carbons (Fsp3) is 0.810. The number of hydrogen-bond acceptors (Lipinski definition) is 3. The van der Waals surface area contributed by atoms with Crippen LogP contribution in [0.3, 0.4) is 0 Å². The molecule has 1 unspecified atom stereocenters. The van der Waals surface area contributed by atoms with Crippen LogP contribution in [0.5, 0.6) is 0 Å². The maximum atomic E-state index is 12.3. The van der Waals surface area contributed by atoms with Crippen LogP contribution in [-0.2, 0) is 9.59 Å². The minimum absolute atomic E-state index is 0.131. The molecule has 0 aromatic heterocycles. The van der Waals surface area contributed by atoms with Crippen LogP contribution < -0.4 is 0 Å². The maximum Gasteiger partial charge on any atom is 0.332 e. The molecule has 1 aliphatic rings. The van der Waals surface area contributed by atoms with Gasteiger partial charge >= 0.3 is 5.97 Å². The molecule has 0 bridgehead atoms. The number of carboxylic acids is 1. The quantitative estimate of drug-likeness (QED) is 0.370.